The average Bonchev–Trinajstić information content (AvgIpc) is 2.44. The lowest BCUT2D eigenvalue weighted by molar-refractivity contribution is -0.131. The van der Waals surface area contributed by atoms with E-state index in [1.54, 1.807) is 12.0 Å². The third kappa shape index (κ3) is 4.80. The molecule has 1 rings (SSSR count). The van der Waals surface area contributed by atoms with Crippen LogP contribution >= 0.6 is 15.9 Å². The molecule has 0 aliphatic carbocycles. The Morgan fingerprint density at radius 1 is 1.50 bits per heavy atom. The van der Waals surface area contributed by atoms with Crippen molar-refractivity contribution in [1.29, 1.82) is 0 Å². The Labute approximate surface area is 129 Å². The molecule has 0 radical (unpaired) electrons. The Kier molecular flexibility index (Phi) is 7.02. The Hall–Kier alpha value is -1.07. The number of hydrogen-bond acceptors (Lipinski definition) is 3. The van der Waals surface area contributed by atoms with E-state index >= 15 is 0 Å². The molecule has 20 heavy (non-hydrogen) atoms. The lowest BCUT2D eigenvalue weighted by Gasteiger charge is -2.21. The largest absolute Gasteiger partial charge is 0.496 e. The number of benzene rings is 1. The van der Waals surface area contributed by atoms with Crippen molar-refractivity contribution in [1.82, 2.24) is 4.90 Å². The number of carbonyl (C=O) groups is 1. The van der Waals surface area contributed by atoms with Gasteiger partial charge in [0.15, 0.2) is 0 Å². The van der Waals surface area contributed by atoms with Crippen LogP contribution in [0.3, 0.4) is 0 Å². The number of hydrogen-bond donors (Lipinski definition) is 1. The first-order valence-electron chi connectivity index (χ1n) is 6.78. The highest BCUT2D eigenvalue weighted by molar-refractivity contribution is 9.10. The maximum absolute atomic E-state index is 12.2. The minimum absolute atomic E-state index is 0.115. The molecule has 0 heterocycles. The summed E-state index contributed by atoms with van der Waals surface area (Å²) in [5.74, 6) is 1.16. The molecule has 0 spiro atoms. The van der Waals surface area contributed by atoms with Gasteiger partial charge >= 0.3 is 0 Å². The first-order valence-corrected chi connectivity index (χ1v) is 7.57. The molecule has 0 aliphatic rings. The van der Waals surface area contributed by atoms with Crippen LogP contribution in [0.1, 0.15) is 25.3 Å². The number of nitrogens with zero attached hydrogens (tertiary/aromatic N) is 1. The molecular weight excluding hydrogens is 320 g/mol. The van der Waals surface area contributed by atoms with Crippen LogP contribution in [0, 0.1) is 5.92 Å². The zero-order valence-electron chi connectivity index (χ0n) is 12.4. The van der Waals surface area contributed by atoms with E-state index in [9.17, 15) is 4.79 Å². The maximum Gasteiger partial charge on any atom is 0.222 e. The van der Waals surface area contributed by atoms with Crippen LogP contribution in [0.4, 0.5) is 0 Å². The SMILES string of the molecule is CCC(CN)CC(=O)N(C)Cc1cc(Br)ccc1OC. The quantitative estimate of drug-likeness (QED) is 0.828. The van der Waals surface area contributed by atoms with E-state index in [1.165, 1.54) is 0 Å². The molecule has 112 valence electrons. The minimum Gasteiger partial charge on any atom is -0.496 e. The van der Waals surface area contributed by atoms with Crippen LogP contribution in [0.15, 0.2) is 22.7 Å². The zero-order chi connectivity index (χ0) is 15.1. The number of ether oxygens (including phenoxy) is 1. The predicted octanol–water partition coefficient (Wildman–Crippen LogP) is 2.79. The van der Waals surface area contributed by atoms with Gasteiger partial charge in [-0.05, 0) is 30.7 Å². The molecule has 4 nitrogen and oxygen atoms in total. The van der Waals surface area contributed by atoms with Crippen molar-refractivity contribution in [3.63, 3.8) is 0 Å². The smallest absolute Gasteiger partial charge is 0.222 e. The number of halogens is 1. The summed E-state index contributed by atoms with van der Waals surface area (Å²) in [6, 6.07) is 5.79. The molecule has 0 aromatic heterocycles. The van der Waals surface area contributed by atoms with Gasteiger partial charge in [0.2, 0.25) is 5.91 Å². The van der Waals surface area contributed by atoms with Crippen molar-refractivity contribution < 1.29 is 9.53 Å². The van der Waals surface area contributed by atoms with Crippen molar-refractivity contribution in [2.24, 2.45) is 11.7 Å². The molecular formula is C15H23BrN2O2. The van der Waals surface area contributed by atoms with Crippen LogP contribution in [-0.2, 0) is 11.3 Å². The highest BCUT2D eigenvalue weighted by Gasteiger charge is 2.16. The number of carbonyl (C=O) groups excluding carboxylic acids is 1. The summed E-state index contributed by atoms with van der Waals surface area (Å²) in [5.41, 5.74) is 6.64. The summed E-state index contributed by atoms with van der Waals surface area (Å²) in [6.45, 7) is 3.14. The topological polar surface area (TPSA) is 55.6 Å². The molecule has 1 atom stereocenters. The van der Waals surface area contributed by atoms with E-state index in [2.05, 4.69) is 22.9 Å². The summed E-state index contributed by atoms with van der Waals surface area (Å²) in [5, 5.41) is 0. The number of rotatable bonds is 7. The van der Waals surface area contributed by atoms with E-state index in [4.69, 9.17) is 10.5 Å². The summed E-state index contributed by atoms with van der Waals surface area (Å²) >= 11 is 3.44. The van der Waals surface area contributed by atoms with Crippen LogP contribution in [-0.4, -0.2) is 31.5 Å². The van der Waals surface area contributed by atoms with Crippen LogP contribution in [0.25, 0.3) is 0 Å². The first kappa shape index (κ1) is 17.0. The fourth-order valence-corrected chi connectivity index (χ4v) is 2.42. The highest BCUT2D eigenvalue weighted by Crippen LogP contribution is 2.24. The molecule has 0 bridgehead atoms. The Balaban J connectivity index is 2.72. The van der Waals surface area contributed by atoms with Gasteiger partial charge in [-0.25, -0.2) is 0 Å². The van der Waals surface area contributed by atoms with Crippen LogP contribution in [0.5, 0.6) is 5.75 Å². The van der Waals surface area contributed by atoms with E-state index in [0.29, 0.717) is 19.5 Å². The van der Waals surface area contributed by atoms with Gasteiger partial charge in [0.25, 0.3) is 0 Å². The van der Waals surface area contributed by atoms with Gasteiger partial charge in [-0.3, -0.25) is 4.79 Å². The Morgan fingerprint density at radius 2 is 2.20 bits per heavy atom. The van der Waals surface area contributed by atoms with E-state index in [-0.39, 0.29) is 11.8 Å². The van der Waals surface area contributed by atoms with E-state index in [0.717, 1.165) is 22.2 Å². The molecule has 5 heteroatoms. The van der Waals surface area contributed by atoms with Crippen molar-refractivity contribution in [2.45, 2.75) is 26.3 Å². The molecule has 0 aliphatic heterocycles. The number of methoxy groups -OCH3 is 1. The van der Waals surface area contributed by atoms with Gasteiger partial charge in [0.1, 0.15) is 5.75 Å². The molecule has 2 N–H and O–H groups in total. The molecule has 1 aromatic carbocycles. The molecule has 1 aromatic rings. The van der Waals surface area contributed by atoms with Gasteiger partial charge in [-0.15, -0.1) is 0 Å². The van der Waals surface area contributed by atoms with Crippen molar-refractivity contribution >= 4 is 21.8 Å². The summed E-state index contributed by atoms with van der Waals surface area (Å²) < 4.78 is 6.30. The fourth-order valence-electron chi connectivity index (χ4n) is 2.01. The highest BCUT2D eigenvalue weighted by atomic mass is 79.9. The van der Waals surface area contributed by atoms with Crippen LogP contribution in [0.2, 0.25) is 0 Å². The number of nitrogens with two attached hydrogens (primary N) is 1. The number of amides is 1. The van der Waals surface area contributed by atoms with Gasteiger partial charge in [0.05, 0.1) is 7.11 Å². The lowest BCUT2D eigenvalue weighted by Crippen LogP contribution is -2.30. The third-order valence-electron chi connectivity index (χ3n) is 3.45. The monoisotopic (exact) mass is 342 g/mol. The predicted molar refractivity (Wildman–Crippen MR) is 84.6 cm³/mol. The van der Waals surface area contributed by atoms with Crippen molar-refractivity contribution in [3.05, 3.63) is 28.2 Å². The molecule has 1 amide bonds. The Morgan fingerprint density at radius 3 is 2.75 bits per heavy atom. The average molecular weight is 343 g/mol. The first-order chi connectivity index (χ1) is 9.51. The Bertz CT molecular complexity index is 447. The fraction of sp³-hybridized carbons (Fsp3) is 0.533. The molecule has 0 fully saturated rings. The van der Waals surface area contributed by atoms with Crippen LogP contribution < -0.4 is 10.5 Å². The normalized spacial score (nSPS) is 12.1. The van der Waals surface area contributed by atoms with E-state index in [1.807, 2.05) is 25.2 Å². The molecule has 0 saturated carbocycles. The van der Waals surface area contributed by atoms with Gasteiger partial charge in [0, 0.05) is 30.0 Å². The van der Waals surface area contributed by atoms with Gasteiger partial charge < -0.3 is 15.4 Å². The maximum atomic E-state index is 12.2. The van der Waals surface area contributed by atoms with Crippen molar-refractivity contribution in [2.75, 3.05) is 20.7 Å². The van der Waals surface area contributed by atoms with E-state index < -0.39 is 0 Å². The summed E-state index contributed by atoms with van der Waals surface area (Å²) in [4.78, 5) is 13.9. The molecule has 0 saturated heterocycles. The lowest BCUT2D eigenvalue weighted by atomic mass is 10.0. The minimum atomic E-state index is 0.115. The zero-order valence-corrected chi connectivity index (χ0v) is 13.9. The summed E-state index contributed by atoms with van der Waals surface area (Å²) in [6.07, 6.45) is 1.43. The second kappa shape index (κ2) is 8.27. The second-order valence-corrected chi connectivity index (χ2v) is 5.84. The van der Waals surface area contributed by atoms with Gasteiger partial charge in [-0.2, -0.15) is 0 Å². The second-order valence-electron chi connectivity index (χ2n) is 4.92. The third-order valence-corrected chi connectivity index (χ3v) is 3.94. The standard InChI is InChI=1S/C15H23BrN2O2/c1-4-11(9-17)7-15(19)18(2)10-12-8-13(16)5-6-14(12)20-3/h5-6,8,11H,4,7,9-10,17H2,1-3H3. The summed E-state index contributed by atoms with van der Waals surface area (Å²) in [7, 11) is 3.45. The van der Waals surface area contributed by atoms with Crippen molar-refractivity contribution in [3.8, 4) is 5.75 Å². The molecule has 1 unspecified atom stereocenters. The van der Waals surface area contributed by atoms with Gasteiger partial charge in [-0.1, -0.05) is 29.3 Å².